The number of amides is 1. The molecule has 0 N–H and O–H groups in total. The highest BCUT2D eigenvalue weighted by molar-refractivity contribution is 6.12. The van der Waals surface area contributed by atoms with Crippen LogP contribution in [0.15, 0.2) is 60.3 Å². The second kappa shape index (κ2) is 5.68. The Morgan fingerprint density at radius 3 is 2.81 bits per heavy atom. The molecule has 1 saturated heterocycles. The van der Waals surface area contributed by atoms with Gasteiger partial charge in [-0.15, -0.1) is 0 Å². The van der Waals surface area contributed by atoms with Crippen molar-refractivity contribution < 1.29 is 14.3 Å². The number of fused-ring (bicyclic) bond motifs is 1. The van der Waals surface area contributed by atoms with Gasteiger partial charge in [0.1, 0.15) is 5.75 Å². The number of para-hydroxylation sites is 1. The van der Waals surface area contributed by atoms with Gasteiger partial charge in [-0.1, -0.05) is 42.5 Å². The molecule has 134 valence electrons. The van der Waals surface area contributed by atoms with Crippen molar-refractivity contribution in [1.29, 1.82) is 0 Å². The second-order valence-corrected chi connectivity index (χ2v) is 7.34. The fourth-order valence-corrected chi connectivity index (χ4v) is 4.51. The van der Waals surface area contributed by atoms with E-state index in [1.807, 2.05) is 54.6 Å². The maximum absolute atomic E-state index is 13.1. The molecule has 1 spiro atoms. The van der Waals surface area contributed by atoms with Gasteiger partial charge in [-0.3, -0.25) is 9.59 Å². The molecule has 4 heteroatoms. The summed E-state index contributed by atoms with van der Waals surface area (Å²) >= 11 is 0. The molecule has 3 aliphatic rings. The lowest BCUT2D eigenvalue weighted by Gasteiger charge is -2.27. The molecular formula is C23H19NO3. The predicted octanol–water partition coefficient (Wildman–Crippen LogP) is 3.79. The Balaban J connectivity index is 1.47. The number of benzene rings is 2. The Labute approximate surface area is 157 Å². The van der Waals surface area contributed by atoms with Crippen LogP contribution in [0.5, 0.6) is 5.75 Å². The van der Waals surface area contributed by atoms with E-state index >= 15 is 0 Å². The first kappa shape index (κ1) is 16.1. The van der Waals surface area contributed by atoms with Crippen molar-refractivity contribution in [2.75, 3.05) is 13.7 Å². The van der Waals surface area contributed by atoms with Gasteiger partial charge in [-0.25, -0.2) is 0 Å². The van der Waals surface area contributed by atoms with Gasteiger partial charge in [0, 0.05) is 29.4 Å². The van der Waals surface area contributed by atoms with Crippen molar-refractivity contribution in [2.24, 2.45) is 11.3 Å². The van der Waals surface area contributed by atoms with Crippen molar-refractivity contribution in [3.05, 3.63) is 77.0 Å². The van der Waals surface area contributed by atoms with Crippen LogP contribution >= 0.6 is 0 Å². The Kier molecular flexibility index (Phi) is 3.38. The topological polar surface area (TPSA) is 46.6 Å². The normalized spacial score (nSPS) is 24.9. The number of likely N-dealkylation sites (tertiary alicyclic amines) is 1. The lowest BCUT2D eigenvalue weighted by atomic mass is 9.83. The molecule has 2 aromatic rings. The number of carbonyl (C=O) groups is 2. The first-order chi connectivity index (χ1) is 13.1. The van der Waals surface area contributed by atoms with Crippen molar-refractivity contribution in [2.45, 2.75) is 6.42 Å². The number of methoxy groups -OCH3 is 1. The number of nitrogens with zero attached hydrogens (tertiary/aromatic N) is 1. The summed E-state index contributed by atoms with van der Waals surface area (Å²) in [6, 6.07) is 15.2. The van der Waals surface area contributed by atoms with E-state index in [0.29, 0.717) is 6.54 Å². The number of ether oxygens (including phenoxy) is 1. The molecule has 1 amide bonds. The van der Waals surface area contributed by atoms with Gasteiger partial charge < -0.3 is 9.64 Å². The van der Waals surface area contributed by atoms with E-state index in [1.165, 1.54) is 0 Å². The number of piperidine rings is 1. The SMILES string of the molecule is COc1ccccc1/C=C/C(=O)N1C[C@H]2C[C@]23C(=O)c2ccccc2C=C13. The summed E-state index contributed by atoms with van der Waals surface area (Å²) in [6.07, 6.45) is 6.23. The van der Waals surface area contributed by atoms with Crippen LogP contribution < -0.4 is 4.74 Å². The highest BCUT2D eigenvalue weighted by Gasteiger charge is 2.69. The minimum Gasteiger partial charge on any atom is -0.496 e. The fourth-order valence-electron chi connectivity index (χ4n) is 4.51. The number of ketones is 1. The van der Waals surface area contributed by atoms with Crippen molar-refractivity contribution in [1.82, 2.24) is 4.90 Å². The molecule has 2 atom stereocenters. The average molecular weight is 357 g/mol. The third-order valence-corrected chi connectivity index (χ3v) is 5.97. The Morgan fingerprint density at radius 2 is 1.96 bits per heavy atom. The summed E-state index contributed by atoms with van der Waals surface area (Å²) in [5, 5.41) is 0. The van der Waals surface area contributed by atoms with E-state index in [0.717, 1.165) is 34.6 Å². The van der Waals surface area contributed by atoms with E-state index in [2.05, 4.69) is 0 Å². The molecule has 0 radical (unpaired) electrons. The number of hydrogen-bond acceptors (Lipinski definition) is 3. The van der Waals surface area contributed by atoms with E-state index in [1.54, 1.807) is 24.2 Å². The molecule has 4 nitrogen and oxygen atoms in total. The Morgan fingerprint density at radius 1 is 1.19 bits per heavy atom. The number of carbonyl (C=O) groups excluding carboxylic acids is 2. The molecule has 0 aromatic heterocycles. The van der Waals surface area contributed by atoms with Crippen LogP contribution in [0.3, 0.4) is 0 Å². The zero-order chi connectivity index (χ0) is 18.6. The van der Waals surface area contributed by atoms with Crippen molar-refractivity contribution >= 4 is 23.8 Å². The van der Waals surface area contributed by atoms with E-state index < -0.39 is 5.41 Å². The third kappa shape index (κ3) is 2.23. The average Bonchev–Trinajstić information content (AvgIpc) is 3.33. The number of allylic oxidation sites excluding steroid dienone is 1. The predicted molar refractivity (Wildman–Crippen MR) is 103 cm³/mol. The van der Waals surface area contributed by atoms with Crippen LogP contribution in [0, 0.1) is 11.3 Å². The zero-order valence-corrected chi connectivity index (χ0v) is 15.0. The van der Waals surface area contributed by atoms with Crippen LogP contribution in [0.1, 0.15) is 27.9 Å². The summed E-state index contributed by atoms with van der Waals surface area (Å²) < 4.78 is 5.33. The van der Waals surface area contributed by atoms with Gasteiger partial charge in [0.25, 0.3) is 5.91 Å². The molecule has 27 heavy (non-hydrogen) atoms. The maximum atomic E-state index is 13.1. The number of rotatable bonds is 3. The molecule has 2 aromatic carbocycles. The van der Waals surface area contributed by atoms with Crippen LogP contribution in [0.2, 0.25) is 0 Å². The number of hydrogen-bond donors (Lipinski definition) is 0. The summed E-state index contributed by atoms with van der Waals surface area (Å²) in [4.78, 5) is 27.8. The quantitative estimate of drug-likeness (QED) is 0.785. The van der Waals surface area contributed by atoms with Crippen LogP contribution in [-0.4, -0.2) is 30.2 Å². The fraction of sp³-hybridized carbons (Fsp3) is 0.217. The van der Waals surface area contributed by atoms with Gasteiger partial charge >= 0.3 is 0 Å². The highest BCUT2D eigenvalue weighted by atomic mass is 16.5. The zero-order valence-electron chi connectivity index (χ0n) is 15.0. The molecule has 0 unspecified atom stereocenters. The number of Topliss-reactive ketones (excluding diaryl/α,β-unsaturated/α-hetero) is 1. The molecule has 0 bridgehead atoms. The van der Waals surface area contributed by atoms with Gasteiger partial charge in [0.2, 0.25) is 0 Å². The molecule has 5 rings (SSSR count). The summed E-state index contributed by atoms with van der Waals surface area (Å²) in [5.74, 6) is 1.05. The summed E-state index contributed by atoms with van der Waals surface area (Å²) in [7, 11) is 1.61. The first-order valence-corrected chi connectivity index (χ1v) is 9.14. The van der Waals surface area contributed by atoms with Crippen LogP contribution in [0.4, 0.5) is 0 Å². The van der Waals surface area contributed by atoms with Gasteiger partial charge in [-0.2, -0.15) is 0 Å². The Bertz CT molecular complexity index is 1040. The minimum absolute atomic E-state index is 0.0917. The standard InChI is InChI=1S/C23H19NO3/c1-27-19-9-5-3-6-15(19)10-11-21(25)24-14-17-13-23(17)20(24)12-16-7-2-4-8-18(16)22(23)26/h2-12,17H,13-14H2,1H3/b11-10+/t17-,23+/m1/s1. The molecule has 1 aliphatic heterocycles. The largest absolute Gasteiger partial charge is 0.496 e. The third-order valence-electron chi connectivity index (χ3n) is 5.97. The second-order valence-electron chi connectivity index (χ2n) is 7.34. The Hall–Kier alpha value is -3.14. The summed E-state index contributed by atoms with van der Waals surface area (Å²) in [5.41, 5.74) is 2.93. The molecule has 1 saturated carbocycles. The molecule has 1 heterocycles. The highest BCUT2D eigenvalue weighted by Crippen LogP contribution is 2.67. The van der Waals surface area contributed by atoms with Crippen molar-refractivity contribution in [3.63, 3.8) is 0 Å². The van der Waals surface area contributed by atoms with E-state index in [9.17, 15) is 9.59 Å². The van der Waals surface area contributed by atoms with Gasteiger partial charge in [0.15, 0.2) is 5.78 Å². The monoisotopic (exact) mass is 357 g/mol. The van der Waals surface area contributed by atoms with E-state index in [4.69, 9.17) is 4.74 Å². The smallest absolute Gasteiger partial charge is 0.250 e. The molecular weight excluding hydrogens is 338 g/mol. The first-order valence-electron chi connectivity index (χ1n) is 9.14. The van der Waals surface area contributed by atoms with Crippen molar-refractivity contribution in [3.8, 4) is 5.75 Å². The lowest BCUT2D eigenvalue weighted by Crippen LogP contribution is -2.32. The van der Waals surface area contributed by atoms with E-state index in [-0.39, 0.29) is 17.6 Å². The minimum atomic E-state index is -0.470. The van der Waals surface area contributed by atoms with Gasteiger partial charge in [0.05, 0.1) is 12.5 Å². The maximum Gasteiger partial charge on any atom is 0.250 e. The molecule has 2 aliphatic carbocycles. The molecule has 2 fully saturated rings. The van der Waals surface area contributed by atoms with Gasteiger partial charge in [-0.05, 0) is 36.1 Å². The summed E-state index contributed by atoms with van der Waals surface area (Å²) in [6.45, 7) is 0.612. The van der Waals surface area contributed by atoms with Crippen LogP contribution in [0.25, 0.3) is 12.2 Å². The van der Waals surface area contributed by atoms with Crippen LogP contribution in [-0.2, 0) is 4.79 Å². The lowest BCUT2D eigenvalue weighted by molar-refractivity contribution is -0.123.